The lowest BCUT2D eigenvalue weighted by molar-refractivity contribution is 0.0826. The van der Waals surface area contributed by atoms with E-state index in [9.17, 15) is 9.18 Å². The number of aryl methyl sites for hydroxylation is 1. The van der Waals surface area contributed by atoms with Crippen LogP contribution in [0.2, 0.25) is 0 Å². The van der Waals surface area contributed by atoms with Gasteiger partial charge in [-0.05, 0) is 44.0 Å². The number of fused-ring (bicyclic) bond motifs is 1. The van der Waals surface area contributed by atoms with Crippen LogP contribution in [-0.2, 0) is 6.54 Å². The van der Waals surface area contributed by atoms with E-state index in [-0.39, 0.29) is 6.10 Å². The van der Waals surface area contributed by atoms with Crippen LogP contribution in [0.5, 0.6) is 5.75 Å². The minimum absolute atomic E-state index is 0.141. The number of piperidine rings is 1. The van der Waals surface area contributed by atoms with E-state index in [2.05, 4.69) is 30.3 Å². The second-order valence-electron chi connectivity index (χ2n) is 8.05. The molecule has 1 amide bonds. The normalized spacial score (nSPS) is 16.6. The van der Waals surface area contributed by atoms with Crippen molar-refractivity contribution >= 4 is 39.0 Å². The first-order chi connectivity index (χ1) is 16.5. The first-order valence-electron chi connectivity index (χ1n) is 10.7. The molecule has 10 nitrogen and oxygen atoms in total. The number of thiophene rings is 1. The number of amides is 1. The maximum Gasteiger partial charge on any atom is 0.259 e. The number of benzene rings is 1. The Morgan fingerprint density at radius 2 is 2.26 bits per heavy atom. The number of ether oxygens (including phenoxy) is 1. The first kappa shape index (κ1) is 22.2. The van der Waals surface area contributed by atoms with Gasteiger partial charge >= 0.3 is 0 Å². The van der Waals surface area contributed by atoms with Crippen LogP contribution in [0.1, 0.15) is 33.9 Å². The highest BCUT2D eigenvalue weighted by molar-refractivity contribution is 7.20. The van der Waals surface area contributed by atoms with Crippen molar-refractivity contribution < 1.29 is 18.4 Å². The fraction of sp³-hybridized carbons (Fsp3) is 0.318. The summed E-state index contributed by atoms with van der Waals surface area (Å²) in [6.45, 7) is 3.90. The molecular weight excluding hydrogens is 461 g/mol. The molecule has 0 radical (unpaired) electrons. The molecule has 4 aromatic rings. The number of nitrogens with two attached hydrogens (primary N) is 1. The number of primary amides is 1. The van der Waals surface area contributed by atoms with Gasteiger partial charge in [0.2, 0.25) is 6.39 Å². The summed E-state index contributed by atoms with van der Waals surface area (Å²) in [7, 11) is 0. The van der Waals surface area contributed by atoms with E-state index in [0.29, 0.717) is 56.8 Å². The summed E-state index contributed by atoms with van der Waals surface area (Å²) in [6, 6.07) is 4.32. The molecule has 3 aromatic heterocycles. The number of rotatable bonds is 7. The average molecular weight is 484 g/mol. The Morgan fingerprint density at radius 3 is 3.06 bits per heavy atom. The molecule has 0 saturated carbocycles. The monoisotopic (exact) mass is 483 g/mol. The molecule has 3 N–H and O–H groups in total. The van der Waals surface area contributed by atoms with E-state index in [1.807, 2.05) is 0 Å². The van der Waals surface area contributed by atoms with Crippen molar-refractivity contribution in [1.82, 2.24) is 25.0 Å². The van der Waals surface area contributed by atoms with Crippen molar-refractivity contribution in [3.63, 3.8) is 0 Å². The molecule has 1 fully saturated rings. The van der Waals surface area contributed by atoms with Gasteiger partial charge in [0.15, 0.2) is 5.82 Å². The van der Waals surface area contributed by atoms with Gasteiger partial charge in [-0.2, -0.15) is 4.98 Å². The summed E-state index contributed by atoms with van der Waals surface area (Å²) in [5, 5.41) is 7.80. The lowest BCUT2D eigenvalue weighted by Crippen LogP contribution is -2.40. The summed E-state index contributed by atoms with van der Waals surface area (Å²) >= 11 is 1.21. The third-order valence-corrected chi connectivity index (χ3v) is 6.89. The summed E-state index contributed by atoms with van der Waals surface area (Å²) < 4.78 is 25.2. The molecule has 4 heterocycles. The molecule has 1 saturated heterocycles. The number of carbonyl (C=O) groups excluding carboxylic acids is 1. The molecular formula is C22H22FN7O3S. The van der Waals surface area contributed by atoms with Crippen molar-refractivity contribution in [3.05, 3.63) is 53.0 Å². The van der Waals surface area contributed by atoms with Crippen LogP contribution in [0.25, 0.3) is 10.2 Å². The lowest BCUT2D eigenvalue weighted by atomic mass is 10.1. The van der Waals surface area contributed by atoms with Crippen LogP contribution >= 0.6 is 11.3 Å². The average Bonchev–Trinajstić information content (AvgIpc) is 3.44. The van der Waals surface area contributed by atoms with Crippen molar-refractivity contribution in [2.75, 3.05) is 18.4 Å². The molecule has 5 rings (SSSR count). The van der Waals surface area contributed by atoms with E-state index >= 15 is 0 Å². The van der Waals surface area contributed by atoms with Gasteiger partial charge < -0.3 is 20.3 Å². The number of anilines is 2. The largest absolute Gasteiger partial charge is 0.487 e. The quantitative estimate of drug-likeness (QED) is 0.406. The van der Waals surface area contributed by atoms with Gasteiger partial charge in [-0.15, -0.1) is 11.3 Å². The van der Waals surface area contributed by atoms with E-state index in [1.54, 1.807) is 13.0 Å². The van der Waals surface area contributed by atoms with Gasteiger partial charge in [0.1, 0.15) is 34.6 Å². The number of aromatic nitrogens is 4. The Labute approximate surface area is 197 Å². The minimum atomic E-state index is -0.514. The molecule has 0 bridgehead atoms. The molecule has 1 aromatic carbocycles. The lowest BCUT2D eigenvalue weighted by Gasteiger charge is -2.32. The van der Waals surface area contributed by atoms with Gasteiger partial charge in [0.05, 0.1) is 22.5 Å². The second-order valence-corrected chi connectivity index (χ2v) is 9.05. The Balaban J connectivity index is 1.39. The maximum atomic E-state index is 14.2. The zero-order chi connectivity index (χ0) is 23.7. The SMILES string of the molecule is Cc1c(C(N)=O)sc2ncnc(Nc3ccc(F)cc3O[C@H]3CCCN(Cc4ncon4)C3)c12. The fourth-order valence-electron chi connectivity index (χ4n) is 4.12. The van der Waals surface area contributed by atoms with Crippen molar-refractivity contribution in [2.24, 2.45) is 5.73 Å². The van der Waals surface area contributed by atoms with Crippen LogP contribution in [0.15, 0.2) is 35.4 Å². The van der Waals surface area contributed by atoms with E-state index in [0.717, 1.165) is 19.4 Å². The highest BCUT2D eigenvalue weighted by Gasteiger charge is 2.24. The zero-order valence-corrected chi connectivity index (χ0v) is 19.1. The van der Waals surface area contributed by atoms with E-state index in [1.165, 1.54) is 36.2 Å². The Hall–Kier alpha value is -3.64. The van der Waals surface area contributed by atoms with Crippen LogP contribution in [0, 0.1) is 12.7 Å². The topological polar surface area (TPSA) is 132 Å². The number of hydrogen-bond acceptors (Lipinski definition) is 10. The summed E-state index contributed by atoms with van der Waals surface area (Å²) in [5.41, 5.74) is 6.76. The van der Waals surface area contributed by atoms with E-state index < -0.39 is 11.7 Å². The Kier molecular flexibility index (Phi) is 6.07. The third-order valence-electron chi connectivity index (χ3n) is 5.68. The highest BCUT2D eigenvalue weighted by atomic mass is 32.1. The second kappa shape index (κ2) is 9.31. The summed E-state index contributed by atoms with van der Waals surface area (Å²) in [4.78, 5) is 27.7. The van der Waals surface area contributed by atoms with Gasteiger partial charge in [-0.25, -0.2) is 14.4 Å². The predicted octanol–water partition coefficient (Wildman–Crippen LogP) is 3.41. The van der Waals surface area contributed by atoms with Gasteiger partial charge in [-0.1, -0.05) is 5.16 Å². The number of hydrogen-bond donors (Lipinski definition) is 2. The molecule has 0 spiro atoms. The maximum absolute atomic E-state index is 14.2. The Morgan fingerprint density at radius 1 is 1.38 bits per heavy atom. The first-order valence-corrected chi connectivity index (χ1v) is 11.5. The summed E-state index contributed by atoms with van der Waals surface area (Å²) in [5.74, 6) is 0.560. The van der Waals surface area contributed by atoms with Crippen molar-refractivity contribution in [3.8, 4) is 5.75 Å². The number of likely N-dealkylation sites (tertiary alicyclic amines) is 1. The van der Waals surface area contributed by atoms with Crippen molar-refractivity contribution in [2.45, 2.75) is 32.4 Å². The highest BCUT2D eigenvalue weighted by Crippen LogP contribution is 2.36. The molecule has 1 aliphatic heterocycles. The molecule has 0 aliphatic carbocycles. The molecule has 176 valence electrons. The van der Waals surface area contributed by atoms with Crippen LogP contribution < -0.4 is 15.8 Å². The predicted molar refractivity (Wildman–Crippen MR) is 124 cm³/mol. The number of nitrogens with zero attached hydrogens (tertiary/aromatic N) is 5. The van der Waals surface area contributed by atoms with Crippen LogP contribution in [-0.4, -0.2) is 50.1 Å². The summed E-state index contributed by atoms with van der Waals surface area (Å²) in [6.07, 6.45) is 4.34. The molecule has 0 unspecified atom stereocenters. The van der Waals surface area contributed by atoms with Crippen LogP contribution in [0.4, 0.5) is 15.9 Å². The molecule has 1 atom stereocenters. The van der Waals surface area contributed by atoms with Gasteiger partial charge in [0.25, 0.3) is 5.91 Å². The zero-order valence-electron chi connectivity index (χ0n) is 18.3. The fourth-order valence-corrected chi connectivity index (χ4v) is 5.12. The van der Waals surface area contributed by atoms with Crippen molar-refractivity contribution in [1.29, 1.82) is 0 Å². The third kappa shape index (κ3) is 4.54. The number of halogens is 1. The number of carbonyl (C=O) groups is 1. The van der Waals surface area contributed by atoms with E-state index in [4.69, 9.17) is 15.0 Å². The minimum Gasteiger partial charge on any atom is -0.487 e. The molecule has 1 aliphatic rings. The van der Waals surface area contributed by atoms with Crippen LogP contribution in [0.3, 0.4) is 0 Å². The molecule has 34 heavy (non-hydrogen) atoms. The molecule has 12 heteroatoms. The smallest absolute Gasteiger partial charge is 0.259 e. The standard InChI is InChI=1S/C22H22FN7O3S/c1-12-18-21(25-10-26-22(18)34-19(12)20(24)31)28-15-5-4-13(23)7-16(15)33-14-3-2-6-30(8-14)9-17-27-11-32-29-17/h4-5,7,10-11,14H,2-3,6,8-9H2,1H3,(H2,24,31)(H,25,26,28)/t14-/m0/s1. The number of nitrogens with one attached hydrogen (secondary N) is 1. The van der Waals surface area contributed by atoms with Gasteiger partial charge in [-0.3, -0.25) is 9.69 Å². The Bertz CT molecular complexity index is 1330. The van der Waals surface area contributed by atoms with Gasteiger partial charge in [0, 0.05) is 12.6 Å².